The molecule has 0 radical (unpaired) electrons. The van der Waals surface area contributed by atoms with Gasteiger partial charge in [0.15, 0.2) is 0 Å². The van der Waals surface area contributed by atoms with Gasteiger partial charge in [0.2, 0.25) is 0 Å². The summed E-state index contributed by atoms with van der Waals surface area (Å²) in [4.78, 5) is 7.65. The largest absolute Gasteiger partial charge is 0.342 e. The van der Waals surface area contributed by atoms with E-state index < -0.39 is 10.0 Å². The fourth-order valence-corrected chi connectivity index (χ4v) is 3.83. The minimum atomic E-state index is -3.65. The number of hydrogen-bond acceptors (Lipinski definition) is 3. The number of hydrogen-bond donors (Lipinski definition) is 2. The molecule has 0 aliphatic rings. The maximum absolute atomic E-state index is 12.6. The summed E-state index contributed by atoms with van der Waals surface area (Å²) in [5.41, 5.74) is 2.10. The predicted molar refractivity (Wildman–Crippen MR) is 95.6 cm³/mol. The second-order valence-corrected chi connectivity index (χ2v) is 7.35. The third-order valence-electron chi connectivity index (χ3n) is 3.88. The molecule has 0 unspecified atom stereocenters. The van der Waals surface area contributed by atoms with Gasteiger partial charge in [0.25, 0.3) is 10.0 Å². The predicted octanol–water partition coefficient (Wildman–Crippen LogP) is 3.83. The molecule has 0 amide bonds. The number of imidazole rings is 1. The second-order valence-electron chi connectivity index (χ2n) is 5.67. The van der Waals surface area contributed by atoms with Gasteiger partial charge in [0, 0.05) is 0 Å². The first-order valence-corrected chi connectivity index (χ1v) is 8.98. The van der Waals surface area contributed by atoms with Crippen molar-refractivity contribution in [1.29, 1.82) is 0 Å². The second kappa shape index (κ2) is 5.35. The topological polar surface area (TPSA) is 74.8 Å². The highest BCUT2D eigenvalue weighted by Gasteiger charge is 2.15. The fraction of sp³-hybridized carbons (Fsp3) is 0.0556. The van der Waals surface area contributed by atoms with E-state index in [4.69, 9.17) is 0 Å². The van der Waals surface area contributed by atoms with Gasteiger partial charge >= 0.3 is 0 Å². The van der Waals surface area contributed by atoms with Crippen LogP contribution in [0.2, 0.25) is 0 Å². The molecule has 3 aromatic carbocycles. The standard InChI is InChI=1S/C18H15N3O2S/c1-12-19-17-9-7-15(11-18(17)20-12)21-24(22,23)16-8-6-13-4-2-3-5-14(13)10-16/h2-11,21H,1H3,(H,19,20). The van der Waals surface area contributed by atoms with Gasteiger partial charge in [-0.2, -0.15) is 0 Å². The summed E-state index contributed by atoms with van der Waals surface area (Å²) in [6.45, 7) is 1.86. The molecular formula is C18H15N3O2S. The van der Waals surface area contributed by atoms with Crippen molar-refractivity contribution < 1.29 is 8.42 Å². The molecule has 4 rings (SSSR count). The van der Waals surface area contributed by atoms with Crippen LogP contribution in [0.25, 0.3) is 21.8 Å². The highest BCUT2D eigenvalue weighted by atomic mass is 32.2. The van der Waals surface area contributed by atoms with Crippen molar-refractivity contribution in [2.45, 2.75) is 11.8 Å². The average Bonchev–Trinajstić information content (AvgIpc) is 2.93. The Kier molecular flexibility index (Phi) is 3.28. The number of sulfonamides is 1. The van der Waals surface area contributed by atoms with Gasteiger partial charge in [-0.25, -0.2) is 13.4 Å². The van der Waals surface area contributed by atoms with Crippen molar-refractivity contribution in [3.8, 4) is 0 Å². The van der Waals surface area contributed by atoms with E-state index in [1.165, 1.54) is 0 Å². The number of rotatable bonds is 3. The van der Waals surface area contributed by atoms with E-state index in [0.29, 0.717) is 5.69 Å². The molecule has 2 N–H and O–H groups in total. The molecule has 0 aliphatic carbocycles. The first-order chi connectivity index (χ1) is 11.5. The summed E-state index contributed by atoms with van der Waals surface area (Å²) >= 11 is 0. The van der Waals surface area contributed by atoms with Crippen LogP contribution < -0.4 is 4.72 Å². The van der Waals surface area contributed by atoms with Gasteiger partial charge in [0.1, 0.15) is 5.82 Å². The van der Waals surface area contributed by atoms with Crippen LogP contribution in [-0.2, 0) is 10.0 Å². The van der Waals surface area contributed by atoms with Crippen LogP contribution in [-0.4, -0.2) is 18.4 Å². The minimum Gasteiger partial charge on any atom is -0.342 e. The molecule has 5 nitrogen and oxygen atoms in total. The van der Waals surface area contributed by atoms with Gasteiger partial charge in [-0.1, -0.05) is 30.3 Å². The van der Waals surface area contributed by atoms with Gasteiger partial charge < -0.3 is 4.98 Å². The highest BCUT2D eigenvalue weighted by molar-refractivity contribution is 7.92. The molecule has 1 aromatic heterocycles. The third kappa shape index (κ3) is 2.61. The van der Waals surface area contributed by atoms with Gasteiger partial charge in [-0.3, -0.25) is 4.72 Å². The lowest BCUT2D eigenvalue weighted by atomic mass is 10.1. The van der Waals surface area contributed by atoms with E-state index in [2.05, 4.69) is 14.7 Å². The van der Waals surface area contributed by atoms with Gasteiger partial charge in [0.05, 0.1) is 21.6 Å². The molecule has 1 heterocycles. The van der Waals surface area contributed by atoms with Crippen LogP contribution in [0, 0.1) is 6.92 Å². The van der Waals surface area contributed by atoms with Crippen molar-refractivity contribution in [2.24, 2.45) is 0 Å². The van der Waals surface area contributed by atoms with E-state index in [-0.39, 0.29) is 4.90 Å². The Bertz CT molecular complexity index is 1160. The molecule has 24 heavy (non-hydrogen) atoms. The first-order valence-electron chi connectivity index (χ1n) is 7.49. The Morgan fingerprint density at radius 3 is 2.58 bits per heavy atom. The minimum absolute atomic E-state index is 0.238. The number of aromatic nitrogens is 2. The molecule has 0 saturated carbocycles. The zero-order valence-corrected chi connectivity index (χ0v) is 13.8. The monoisotopic (exact) mass is 337 g/mol. The van der Waals surface area contributed by atoms with E-state index in [1.807, 2.05) is 37.3 Å². The van der Waals surface area contributed by atoms with Crippen LogP contribution >= 0.6 is 0 Å². The van der Waals surface area contributed by atoms with Crippen molar-refractivity contribution in [2.75, 3.05) is 4.72 Å². The number of anilines is 1. The number of nitrogens with one attached hydrogen (secondary N) is 2. The highest BCUT2D eigenvalue weighted by Crippen LogP contribution is 2.23. The molecule has 6 heteroatoms. The Morgan fingerprint density at radius 2 is 1.75 bits per heavy atom. The average molecular weight is 337 g/mol. The van der Waals surface area contributed by atoms with Gasteiger partial charge in [-0.15, -0.1) is 0 Å². The van der Waals surface area contributed by atoms with Crippen LogP contribution in [0.3, 0.4) is 0 Å². The summed E-state index contributed by atoms with van der Waals surface area (Å²) in [6, 6.07) is 18.0. The molecule has 0 fully saturated rings. The van der Waals surface area contributed by atoms with Crippen molar-refractivity contribution >= 4 is 37.5 Å². The van der Waals surface area contributed by atoms with Crippen LogP contribution in [0.15, 0.2) is 65.6 Å². The lowest BCUT2D eigenvalue weighted by Crippen LogP contribution is -2.12. The Balaban J connectivity index is 1.72. The number of H-pyrrole nitrogens is 1. The van der Waals surface area contributed by atoms with E-state index >= 15 is 0 Å². The quantitative estimate of drug-likeness (QED) is 0.597. The number of aryl methyl sites for hydroxylation is 1. The summed E-state index contributed by atoms with van der Waals surface area (Å²) < 4.78 is 27.9. The Labute approximate surface area is 139 Å². The fourth-order valence-electron chi connectivity index (χ4n) is 2.75. The summed E-state index contributed by atoms with van der Waals surface area (Å²) in [5.74, 6) is 0.791. The lowest BCUT2D eigenvalue weighted by molar-refractivity contribution is 0.601. The van der Waals surface area contributed by atoms with Crippen LogP contribution in [0.4, 0.5) is 5.69 Å². The molecular weight excluding hydrogens is 322 g/mol. The lowest BCUT2D eigenvalue weighted by Gasteiger charge is -2.09. The number of benzene rings is 3. The number of aromatic amines is 1. The Hall–Kier alpha value is -2.86. The molecule has 0 spiro atoms. The smallest absolute Gasteiger partial charge is 0.261 e. The van der Waals surface area contributed by atoms with E-state index in [9.17, 15) is 8.42 Å². The molecule has 4 aromatic rings. The first kappa shape index (κ1) is 14.7. The molecule has 0 aliphatic heterocycles. The Morgan fingerprint density at radius 1 is 0.958 bits per heavy atom. The van der Waals surface area contributed by atoms with E-state index in [1.54, 1.807) is 30.3 Å². The van der Waals surface area contributed by atoms with Gasteiger partial charge in [-0.05, 0) is 48.0 Å². The van der Waals surface area contributed by atoms with Crippen molar-refractivity contribution in [3.63, 3.8) is 0 Å². The zero-order valence-electron chi connectivity index (χ0n) is 12.9. The van der Waals surface area contributed by atoms with Crippen molar-refractivity contribution in [1.82, 2.24) is 9.97 Å². The summed E-state index contributed by atoms with van der Waals surface area (Å²) in [6.07, 6.45) is 0. The maximum Gasteiger partial charge on any atom is 0.261 e. The molecule has 0 bridgehead atoms. The third-order valence-corrected chi connectivity index (χ3v) is 5.26. The molecule has 0 saturated heterocycles. The van der Waals surface area contributed by atoms with E-state index in [0.717, 1.165) is 27.6 Å². The summed E-state index contributed by atoms with van der Waals surface area (Å²) in [5, 5.41) is 1.89. The van der Waals surface area contributed by atoms with Crippen LogP contribution in [0.5, 0.6) is 0 Å². The normalized spacial score (nSPS) is 11.9. The number of fused-ring (bicyclic) bond motifs is 2. The zero-order chi connectivity index (χ0) is 16.7. The molecule has 120 valence electrons. The molecule has 0 atom stereocenters. The SMILES string of the molecule is Cc1nc2ccc(NS(=O)(=O)c3ccc4ccccc4c3)cc2[nH]1. The number of nitrogens with zero attached hydrogens (tertiary/aromatic N) is 1. The maximum atomic E-state index is 12.6. The van der Waals surface area contributed by atoms with Crippen molar-refractivity contribution in [3.05, 3.63) is 66.5 Å². The summed E-state index contributed by atoms with van der Waals surface area (Å²) in [7, 11) is -3.65. The van der Waals surface area contributed by atoms with Crippen LogP contribution in [0.1, 0.15) is 5.82 Å².